The minimum atomic E-state index is 0.174. The summed E-state index contributed by atoms with van der Waals surface area (Å²) in [5, 5.41) is 11.7. The summed E-state index contributed by atoms with van der Waals surface area (Å²) in [7, 11) is 0. The van der Waals surface area contributed by atoms with Crippen molar-refractivity contribution in [3.05, 3.63) is 52.4 Å². The second-order valence-electron chi connectivity index (χ2n) is 6.93. The number of hydrogen-bond donors (Lipinski definition) is 0. The van der Waals surface area contributed by atoms with Gasteiger partial charge in [-0.15, -0.1) is 21.5 Å². The lowest BCUT2D eigenvalue weighted by atomic mass is 10.0. The van der Waals surface area contributed by atoms with Gasteiger partial charge in [-0.25, -0.2) is 0 Å². The van der Waals surface area contributed by atoms with Crippen LogP contribution in [0.2, 0.25) is 0 Å². The molecular weight excluding hydrogens is 362 g/mol. The largest absolute Gasteiger partial charge is 0.298 e. The first-order valence-corrected chi connectivity index (χ1v) is 10.9. The normalized spacial score (nSPS) is 16.0. The summed E-state index contributed by atoms with van der Waals surface area (Å²) in [6, 6.07) is 10.8. The van der Waals surface area contributed by atoms with Crippen molar-refractivity contribution in [2.45, 2.75) is 43.3 Å². The Morgan fingerprint density at radius 3 is 2.88 bits per heavy atom. The Kier molecular flexibility index (Phi) is 4.17. The highest BCUT2D eigenvalue weighted by Crippen LogP contribution is 2.41. The second-order valence-corrected chi connectivity index (χ2v) is 8.82. The zero-order valence-electron chi connectivity index (χ0n) is 14.4. The highest BCUT2D eigenvalue weighted by molar-refractivity contribution is 7.99. The van der Waals surface area contributed by atoms with Gasteiger partial charge in [-0.2, -0.15) is 0 Å². The van der Waals surface area contributed by atoms with Gasteiger partial charge >= 0.3 is 0 Å². The monoisotopic (exact) mass is 381 g/mol. The molecular formula is C20H19N3OS2. The van der Waals surface area contributed by atoms with Crippen LogP contribution < -0.4 is 0 Å². The highest BCUT2D eigenvalue weighted by Gasteiger charge is 2.30. The van der Waals surface area contributed by atoms with E-state index in [1.165, 1.54) is 42.2 Å². The molecule has 0 bridgehead atoms. The first-order chi connectivity index (χ1) is 12.8. The summed E-state index contributed by atoms with van der Waals surface area (Å²) in [6.07, 6.45) is 5.79. The first kappa shape index (κ1) is 16.3. The van der Waals surface area contributed by atoms with E-state index in [0.717, 1.165) is 34.3 Å². The molecule has 0 atom stereocenters. The lowest BCUT2D eigenvalue weighted by Gasteiger charge is -2.08. The minimum Gasteiger partial charge on any atom is -0.298 e. The summed E-state index contributed by atoms with van der Waals surface area (Å²) in [4.78, 5) is 13.8. The molecule has 6 heteroatoms. The van der Waals surface area contributed by atoms with E-state index in [1.54, 1.807) is 11.3 Å². The average Bonchev–Trinajstić information content (AvgIpc) is 3.09. The number of nitrogens with zero attached hydrogens (tertiary/aromatic N) is 3. The van der Waals surface area contributed by atoms with Gasteiger partial charge in [0.15, 0.2) is 16.8 Å². The molecule has 0 aliphatic heterocycles. The molecule has 1 fully saturated rings. The fraction of sp³-hybridized carbons (Fsp3) is 0.350. The average molecular weight is 382 g/mol. The molecule has 0 spiro atoms. The Labute approximate surface area is 160 Å². The molecule has 26 heavy (non-hydrogen) atoms. The van der Waals surface area contributed by atoms with Gasteiger partial charge in [0, 0.05) is 11.6 Å². The first-order valence-electron chi connectivity index (χ1n) is 9.06. The van der Waals surface area contributed by atoms with Crippen molar-refractivity contribution in [1.82, 2.24) is 14.8 Å². The summed E-state index contributed by atoms with van der Waals surface area (Å²) in [5.74, 6) is 1.52. The summed E-state index contributed by atoms with van der Waals surface area (Å²) >= 11 is 3.20. The molecule has 2 aliphatic carbocycles. The van der Waals surface area contributed by atoms with E-state index in [0.29, 0.717) is 11.8 Å². The van der Waals surface area contributed by atoms with Crippen LogP contribution in [0.5, 0.6) is 0 Å². The Morgan fingerprint density at radius 1 is 1.19 bits per heavy atom. The van der Waals surface area contributed by atoms with Crippen LogP contribution in [-0.4, -0.2) is 26.3 Å². The van der Waals surface area contributed by atoms with Gasteiger partial charge in [-0.3, -0.25) is 9.36 Å². The maximum atomic E-state index is 12.7. The van der Waals surface area contributed by atoms with Crippen LogP contribution in [0.25, 0.3) is 10.7 Å². The molecule has 0 amide bonds. The van der Waals surface area contributed by atoms with Crippen LogP contribution in [0.4, 0.5) is 0 Å². The molecule has 2 heterocycles. The van der Waals surface area contributed by atoms with E-state index < -0.39 is 0 Å². The highest BCUT2D eigenvalue weighted by atomic mass is 32.2. The van der Waals surface area contributed by atoms with Crippen molar-refractivity contribution < 1.29 is 4.79 Å². The third-order valence-electron chi connectivity index (χ3n) is 5.07. The predicted octanol–water partition coefficient (Wildman–Crippen LogP) is 4.81. The Balaban J connectivity index is 1.35. The zero-order chi connectivity index (χ0) is 17.5. The fourth-order valence-electron chi connectivity index (χ4n) is 3.57. The molecule has 1 aromatic carbocycles. The lowest BCUT2D eigenvalue weighted by Crippen LogP contribution is -2.05. The number of carbonyl (C=O) groups excluding carboxylic acids is 1. The van der Waals surface area contributed by atoms with Crippen LogP contribution in [0.1, 0.15) is 46.8 Å². The van der Waals surface area contributed by atoms with Crippen molar-refractivity contribution in [1.29, 1.82) is 0 Å². The van der Waals surface area contributed by atoms with Crippen LogP contribution in [0.3, 0.4) is 0 Å². The number of aryl methyl sites for hydroxylation is 2. The maximum absolute atomic E-state index is 12.7. The second kappa shape index (κ2) is 6.67. The third-order valence-corrected chi connectivity index (χ3v) is 6.88. The Hall–Kier alpha value is -1.92. The molecule has 0 N–H and O–H groups in total. The molecule has 132 valence electrons. The number of fused-ring (bicyclic) bond motifs is 1. The van der Waals surface area contributed by atoms with Gasteiger partial charge < -0.3 is 0 Å². The summed E-state index contributed by atoms with van der Waals surface area (Å²) in [5.41, 5.74) is 3.58. The molecule has 5 rings (SSSR count). The molecule has 2 aliphatic rings. The number of carbonyl (C=O) groups is 1. The third kappa shape index (κ3) is 3.01. The molecule has 4 nitrogen and oxygen atoms in total. The van der Waals surface area contributed by atoms with Crippen LogP contribution >= 0.6 is 23.1 Å². The van der Waals surface area contributed by atoms with E-state index >= 15 is 0 Å². The Morgan fingerprint density at radius 2 is 2.08 bits per heavy atom. The van der Waals surface area contributed by atoms with Crippen molar-refractivity contribution in [3.8, 4) is 10.7 Å². The molecule has 1 saturated carbocycles. The number of hydrogen-bond acceptors (Lipinski definition) is 5. The number of benzene rings is 1. The molecule has 0 saturated heterocycles. The van der Waals surface area contributed by atoms with E-state index in [-0.39, 0.29) is 5.78 Å². The van der Waals surface area contributed by atoms with Crippen molar-refractivity contribution >= 4 is 28.9 Å². The topological polar surface area (TPSA) is 47.8 Å². The number of ketones is 1. The summed E-state index contributed by atoms with van der Waals surface area (Å²) < 4.78 is 2.23. The standard InChI is InChI=1S/C20H19N3OS2/c24-17(15-7-6-13-3-1-4-14(13)11-15)12-26-20-22-21-19(18-5-2-10-25-18)23(20)16-8-9-16/h2,5-7,10-11,16H,1,3-4,8-9,12H2. The van der Waals surface area contributed by atoms with Crippen molar-refractivity contribution in [2.75, 3.05) is 5.75 Å². The van der Waals surface area contributed by atoms with E-state index in [2.05, 4.69) is 38.3 Å². The molecule has 2 aromatic heterocycles. The van der Waals surface area contributed by atoms with Gasteiger partial charge in [0.05, 0.1) is 10.6 Å². The van der Waals surface area contributed by atoms with Crippen molar-refractivity contribution in [3.63, 3.8) is 0 Å². The Bertz CT molecular complexity index is 958. The van der Waals surface area contributed by atoms with Gasteiger partial charge in [-0.1, -0.05) is 30.0 Å². The number of thioether (sulfide) groups is 1. The summed E-state index contributed by atoms with van der Waals surface area (Å²) in [6.45, 7) is 0. The molecule has 0 radical (unpaired) electrons. The number of Topliss-reactive ketones (excluding diaryl/α,β-unsaturated/α-hetero) is 1. The molecule has 0 unspecified atom stereocenters. The number of thiophene rings is 1. The number of aromatic nitrogens is 3. The minimum absolute atomic E-state index is 0.174. The van der Waals surface area contributed by atoms with E-state index in [1.807, 2.05) is 12.1 Å². The van der Waals surface area contributed by atoms with Crippen molar-refractivity contribution in [2.24, 2.45) is 0 Å². The maximum Gasteiger partial charge on any atom is 0.192 e. The SMILES string of the molecule is O=C(CSc1nnc(-c2cccs2)n1C1CC1)c1ccc2c(c1)CCC2. The van der Waals surface area contributed by atoms with E-state index in [9.17, 15) is 4.79 Å². The smallest absolute Gasteiger partial charge is 0.192 e. The van der Waals surface area contributed by atoms with E-state index in [4.69, 9.17) is 0 Å². The van der Waals surface area contributed by atoms with Gasteiger partial charge in [0.2, 0.25) is 0 Å². The number of rotatable bonds is 6. The van der Waals surface area contributed by atoms with Gasteiger partial charge in [0.25, 0.3) is 0 Å². The van der Waals surface area contributed by atoms with Crippen LogP contribution in [0.15, 0.2) is 40.9 Å². The lowest BCUT2D eigenvalue weighted by molar-refractivity contribution is 0.102. The predicted molar refractivity (Wildman–Crippen MR) is 105 cm³/mol. The van der Waals surface area contributed by atoms with Gasteiger partial charge in [0.1, 0.15) is 0 Å². The van der Waals surface area contributed by atoms with Gasteiger partial charge in [-0.05, 0) is 60.7 Å². The zero-order valence-corrected chi connectivity index (χ0v) is 16.0. The fourth-order valence-corrected chi connectivity index (χ4v) is 5.18. The quantitative estimate of drug-likeness (QED) is 0.454. The molecule has 3 aromatic rings. The van der Waals surface area contributed by atoms with Crippen LogP contribution in [0, 0.1) is 0 Å². The van der Waals surface area contributed by atoms with Crippen LogP contribution in [-0.2, 0) is 12.8 Å².